The quantitative estimate of drug-likeness (QED) is 0.167. The van der Waals surface area contributed by atoms with E-state index in [1.54, 1.807) is 13.2 Å². The Bertz CT molecular complexity index is 1130. The number of hydrogen-bond acceptors (Lipinski definition) is 6. The number of ether oxygens (including phenoxy) is 2. The molecule has 0 unspecified atom stereocenters. The van der Waals surface area contributed by atoms with E-state index in [-0.39, 0.29) is 17.0 Å². The standard InChI is InChI=1S/C30H43IN2O5Si/c1-30(2,3)39(5,6)37-17-16-33-29(35)22-19-25(32-15-14-21-10-9-11-23(18-21)36-4)28(34)27(20-22)38-26-13-8-7-12-24(26)31/h7-13,18,20,25,27-28,32,34H,14-17,19H2,1-6H3,(H,33,35)/t25-,27+,28+/m1/s1. The fraction of sp³-hybridized carbons (Fsp3) is 0.500. The predicted molar refractivity (Wildman–Crippen MR) is 167 cm³/mol. The molecular formula is C30H43IN2O5Si. The summed E-state index contributed by atoms with van der Waals surface area (Å²) in [5, 5.41) is 17.8. The molecule has 0 heterocycles. The third-order valence-electron chi connectivity index (χ3n) is 7.56. The topological polar surface area (TPSA) is 89.1 Å². The van der Waals surface area contributed by atoms with Crippen molar-refractivity contribution in [1.29, 1.82) is 0 Å². The van der Waals surface area contributed by atoms with E-state index in [2.05, 4.69) is 73.2 Å². The molecule has 0 bridgehead atoms. The van der Waals surface area contributed by atoms with E-state index in [1.165, 1.54) is 0 Å². The van der Waals surface area contributed by atoms with E-state index in [0.717, 1.165) is 21.3 Å². The van der Waals surface area contributed by atoms with Crippen LogP contribution in [-0.2, 0) is 15.6 Å². The van der Waals surface area contributed by atoms with Crippen LogP contribution in [0.5, 0.6) is 11.5 Å². The number of aliphatic hydroxyl groups is 1. The number of carbonyl (C=O) groups excluding carboxylic acids is 1. The molecule has 2 aromatic rings. The van der Waals surface area contributed by atoms with Crippen molar-refractivity contribution in [2.24, 2.45) is 0 Å². The van der Waals surface area contributed by atoms with Crippen molar-refractivity contribution in [3.63, 3.8) is 0 Å². The van der Waals surface area contributed by atoms with Crippen LogP contribution in [0.2, 0.25) is 18.1 Å². The van der Waals surface area contributed by atoms with Gasteiger partial charge >= 0.3 is 0 Å². The smallest absolute Gasteiger partial charge is 0.247 e. The van der Waals surface area contributed by atoms with E-state index in [9.17, 15) is 9.90 Å². The zero-order valence-corrected chi connectivity index (χ0v) is 27.1. The average Bonchev–Trinajstić information content (AvgIpc) is 2.89. The number of rotatable bonds is 12. The first kappa shape index (κ1) is 31.6. The lowest BCUT2D eigenvalue weighted by molar-refractivity contribution is -0.118. The van der Waals surface area contributed by atoms with Crippen molar-refractivity contribution >= 4 is 36.8 Å². The highest BCUT2D eigenvalue weighted by atomic mass is 127. The zero-order valence-electron chi connectivity index (χ0n) is 23.9. The first-order valence-corrected chi connectivity index (χ1v) is 17.5. The molecule has 1 aliphatic rings. The number of methoxy groups -OCH3 is 1. The third-order valence-corrected chi connectivity index (χ3v) is 13.0. The molecule has 0 saturated heterocycles. The highest BCUT2D eigenvalue weighted by Gasteiger charge is 2.37. The minimum absolute atomic E-state index is 0.113. The Morgan fingerprint density at radius 2 is 1.87 bits per heavy atom. The highest BCUT2D eigenvalue weighted by Crippen LogP contribution is 2.36. The largest absolute Gasteiger partial charge is 0.497 e. The van der Waals surface area contributed by atoms with Crippen molar-refractivity contribution < 1.29 is 23.8 Å². The van der Waals surface area contributed by atoms with E-state index in [1.807, 2.05) is 42.5 Å². The molecule has 9 heteroatoms. The van der Waals surface area contributed by atoms with Gasteiger partial charge in [-0.3, -0.25) is 4.79 Å². The molecule has 0 aliphatic heterocycles. The van der Waals surface area contributed by atoms with E-state index < -0.39 is 20.5 Å². The van der Waals surface area contributed by atoms with Gasteiger partial charge in [0.15, 0.2) is 8.32 Å². The summed E-state index contributed by atoms with van der Waals surface area (Å²) < 4.78 is 18.7. The summed E-state index contributed by atoms with van der Waals surface area (Å²) in [6.07, 6.45) is 1.45. The Morgan fingerprint density at radius 3 is 2.56 bits per heavy atom. The molecule has 2 aromatic carbocycles. The van der Waals surface area contributed by atoms with Gasteiger partial charge in [-0.2, -0.15) is 0 Å². The van der Waals surface area contributed by atoms with Crippen LogP contribution in [0.25, 0.3) is 0 Å². The van der Waals surface area contributed by atoms with Crippen molar-refractivity contribution in [3.05, 3.63) is 69.3 Å². The molecule has 3 N–H and O–H groups in total. The number of nitrogens with one attached hydrogen (secondary N) is 2. The van der Waals surface area contributed by atoms with E-state index in [4.69, 9.17) is 13.9 Å². The van der Waals surface area contributed by atoms with E-state index >= 15 is 0 Å². The van der Waals surface area contributed by atoms with Crippen LogP contribution in [0.15, 0.2) is 60.2 Å². The lowest BCUT2D eigenvalue weighted by Gasteiger charge is -2.36. The maximum absolute atomic E-state index is 13.2. The van der Waals surface area contributed by atoms with Crippen molar-refractivity contribution in [3.8, 4) is 11.5 Å². The molecule has 214 valence electrons. The molecule has 0 saturated carbocycles. The van der Waals surface area contributed by atoms with Crippen molar-refractivity contribution in [2.75, 3.05) is 26.8 Å². The van der Waals surface area contributed by atoms with Crippen molar-refractivity contribution in [1.82, 2.24) is 10.6 Å². The second kappa shape index (κ2) is 14.1. The fourth-order valence-electron chi connectivity index (χ4n) is 4.13. The van der Waals surface area contributed by atoms with Gasteiger partial charge in [0.1, 0.15) is 23.7 Å². The number of para-hydroxylation sites is 1. The maximum Gasteiger partial charge on any atom is 0.247 e. The summed E-state index contributed by atoms with van der Waals surface area (Å²) in [6.45, 7) is 12.6. The molecule has 7 nitrogen and oxygen atoms in total. The number of aliphatic hydroxyl groups excluding tert-OH is 1. The fourth-order valence-corrected chi connectivity index (χ4v) is 5.69. The summed E-state index contributed by atoms with van der Waals surface area (Å²) in [5.41, 5.74) is 1.73. The second-order valence-corrected chi connectivity index (χ2v) is 17.4. The number of carbonyl (C=O) groups is 1. The Balaban J connectivity index is 1.67. The van der Waals surface area contributed by atoms with Crippen LogP contribution in [0.3, 0.4) is 0 Å². The SMILES string of the molecule is COc1cccc(CCN[C@@H]2CC(C(=O)NCCO[Si](C)(C)C(C)(C)C)=C[C@H](Oc3ccccc3I)[C@H]2O)c1. The lowest BCUT2D eigenvalue weighted by atomic mass is 9.89. The average molecular weight is 667 g/mol. The molecule has 0 aromatic heterocycles. The van der Waals surface area contributed by atoms with Gasteiger partial charge in [0.2, 0.25) is 5.91 Å². The Morgan fingerprint density at radius 1 is 1.13 bits per heavy atom. The van der Waals surface area contributed by atoms with Crippen LogP contribution in [0, 0.1) is 3.57 Å². The van der Waals surface area contributed by atoms with Gasteiger partial charge in [0.05, 0.1) is 17.3 Å². The molecule has 3 atom stereocenters. The van der Waals surface area contributed by atoms with Gasteiger partial charge in [0.25, 0.3) is 0 Å². The first-order chi connectivity index (χ1) is 18.4. The Hall–Kier alpha value is -1.92. The number of benzene rings is 2. The molecule has 0 fully saturated rings. The van der Waals surface area contributed by atoms with Gasteiger partial charge in [-0.15, -0.1) is 0 Å². The molecule has 0 spiro atoms. The molecule has 1 aliphatic carbocycles. The molecule has 1 amide bonds. The molecule has 39 heavy (non-hydrogen) atoms. The van der Waals surface area contributed by atoms with Gasteiger partial charge in [-0.25, -0.2) is 0 Å². The lowest BCUT2D eigenvalue weighted by Crippen LogP contribution is -2.52. The van der Waals surface area contributed by atoms with Gasteiger partial charge in [-0.05, 0) is 96.0 Å². The first-order valence-electron chi connectivity index (χ1n) is 13.5. The zero-order chi connectivity index (χ0) is 28.6. The Kier molecular flexibility index (Phi) is 11.4. The highest BCUT2D eigenvalue weighted by molar-refractivity contribution is 14.1. The molecule has 3 rings (SSSR count). The summed E-state index contributed by atoms with van der Waals surface area (Å²) in [7, 11) is -0.228. The monoisotopic (exact) mass is 666 g/mol. The van der Waals surface area contributed by atoms with Gasteiger partial charge in [0, 0.05) is 18.2 Å². The van der Waals surface area contributed by atoms with Crippen LogP contribution in [0.1, 0.15) is 32.8 Å². The minimum Gasteiger partial charge on any atom is -0.497 e. The molecule has 0 radical (unpaired) electrons. The van der Waals surface area contributed by atoms with Gasteiger partial charge < -0.3 is 29.6 Å². The van der Waals surface area contributed by atoms with Crippen LogP contribution >= 0.6 is 22.6 Å². The van der Waals surface area contributed by atoms with Crippen LogP contribution in [-0.4, -0.2) is 64.4 Å². The van der Waals surface area contributed by atoms with Crippen LogP contribution < -0.4 is 20.1 Å². The van der Waals surface area contributed by atoms with Gasteiger partial charge in [-0.1, -0.05) is 45.0 Å². The summed E-state index contributed by atoms with van der Waals surface area (Å²) in [6, 6.07) is 15.3. The van der Waals surface area contributed by atoms with E-state index in [0.29, 0.717) is 37.4 Å². The maximum atomic E-state index is 13.2. The normalized spacial score (nSPS) is 19.8. The third kappa shape index (κ3) is 9.04. The summed E-state index contributed by atoms with van der Waals surface area (Å²) in [5.74, 6) is 1.34. The molecular weight excluding hydrogens is 623 g/mol. The predicted octanol–water partition coefficient (Wildman–Crippen LogP) is 5.08. The van der Waals surface area contributed by atoms with Crippen molar-refractivity contribution in [2.45, 2.75) is 70.0 Å². The number of halogens is 1. The summed E-state index contributed by atoms with van der Waals surface area (Å²) in [4.78, 5) is 13.2. The van der Waals surface area contributed by atoms with Crippen LogP contribution in [0.4, 0.5) is 0 Å². The minimum atomic E-state index is -1.88. The number of amides is 1. The Labute approximate surface area is 248 Å². The number of hydrogen-bond donors (Lipinski definition) is 3. The second-order valence-electron chi connectivity index (χ2n) is 11.4. The summed E-state index contributed by atoms with van der Waals surface area (Å²) >= 11 is 2.21.